The van der Waals surface area contributed by atoms with Crippen LogP contribution in [0.1, 0.15) is 36.6 Å². The third-order valence-electron chi connectivity index (χ3n) is 3.37. The van der Waals surface area contributed by atoms with E-state index in [0.717, 1.165) is 22.8 Å². The van der Waals surface area contributed by atoms with E-state index >= 15 is 0 Å². The fraction of sp³-hybridized carbons (Fsp3) is 0.353. The van der Waals surface area contributed by atoms with Crippen LogP contribution in [-0.4, -0.2) is 12.0 Å². The van der Waals surface area contributed by atoms with Gasteiger partial charge in [-0.15, -0.1) is 11.6 Å². The number of benzene rings is 1. The molecule has 0 bridgehead atoms. The Morgan fingerprint density at radius 1 is 1.20 bits per heavy atom. The third kappa shape index (κ3) is 3.31. The summed E-state index contributed by atoms with van der Waals surface area (Å²) in [5.74, 6) is 1.84. The first-order chi connectivity index (χ1) is 9.51. The van der Waals surface area contributed by atoms with Gasteiger partial charge >= 0.3 is 0 Å². The maximum absolute atomic E-state index is 6.01. The summed E-state index contributed by atoms with van der Waals surface area (Å²) >= 11 is 6.01. The molecule has 0 unspecified atom stereocenters. The largest absolute Gasteiger partial charge is 0.329 e. The van der Waals surface area contributed by atoms with E-state index in [1.54, 1.807) is 0 Å². The Morgan fingerprint density at radius 3 is 2.55 bits per heavy atom. The molecule has 0 aliphatic rings. The van der Waals surface area contributed by atoms with Gasteiger partial charge in [-0.25, -0.2) is 4.98 Å². The predicted octanol–water partition coefficient (Wildman–Crippen LogP) is 5.02. The van der Waals surface area contributed by atoms with Crippen LogP contribution in [0.3, 0.4) is 0 Å². The molecule has 0 spiro atoms. The average Bonchev–Trinajstić information content (AvgIpc) is 2.45. The summed E-state index contributed by atoms with van der Waals surface area (Å²) in [6.07, 6.45) is 0. The lowest BCUT2D eigenvalue weighted by Gasteiger charge is -2.21. The van der Waals surface area contributed by atoms with Crippen molar-refractivity contribution in [1.82, 2.24) is 4.98 Å². The number of pyridine rings is 1. The number of rotatable bonds is 4. The molecule has 0 saturated heterocycles. The summed E-state index contributed by atoms with van der Waals surface area (Å²) in [4.78, 5) is 6.86. The van der Waals surface area contributed by atoms with Crippen molar-refractivity contribution in [2.24, 2.45) is 0 Å². The average molecular weight is 289 g/mol. The zero-order valence-corrected chi connectivity index (χ0v) is 13.3. The van der Waals surface area contributed by atoms with Crippen LogP contribution < -0.4 is 4.90 Å². The molecule has 3 heteroatoms. The highest BCUT2D eigenvalue weighted by Crippen LogP contribution is 2.26. The molecule has 1 aromatic heterocycles. The molecule has 106 valence electrons. The van der Waals surface area contributed by atoms with Crippen molar-refractivity contribution < 1.29 is 0 Å². The molecule has 0 amide bonds. The number of aryl methyl sites for hydroxylation is 1. The van der Waals surface area contributed by atoms with Crippen molar-refractivity contribution in [3.05, 3.63) is 53.2 Å². The molecule has 0 aliphatic heterocycles. The summed E-state index contributed by atoms with van der Waals surface area (Å²) < 4.78 is 0. The van der Waals surface area contributed by atoms with Gasteiger partial charge in [0, 0.05) is 24.3 Å². The molecule has 0 fully saturated rings. The van der Waals surface area contributed by atoms with Crippen molar-refractivity contribution in [2.75, 3.05) is 11.9 Å². The number of hydrogen-bond donors (Lipinski definition) is 0. The van der Waals surface area contributed by atoms with Gasteiger partial charge in [0.15, 0.2) is 0 Å². The number of aromatic nitrogens is 1. The summed E-state index contributed by atoms with van der Waals surface area (Å²) in [6, 6.07) is 12.6. The molecule has 0 aliphatic carbocycles. The van der Waals surface area contributed by atoms with E-state index in [0.29, 0.717) is 11.8 Å². The first-order valence-corrected chi connectivity index (χ1v) is 7.42. The highest BCUT2D eigenvalue weighted by molar-refractivity contribution is 6.17. The number of anilines is 2. The second-order valence-electron chi connectivity index (χ2n) is 5.44. The van der Waals surface area contributed by atoms with Crippen LogP contribution in [0.4, 0.5) is 11.5 Å². The van der Waals surface area contributed by atoms with Gasteiger partial charge in [-0.1, -0.05) is 26.0 Å². The Balaban J connectivity index is 2.43. The molecule has 0 radical (unpaired) electrons. The van der Waals surface area contributed by atoms with E-state index in [1.165, 1.54) is 5.56 Å². The monoisotopic (exact) mass is 288 g/mol. The van der Waals surface area contributed by atoms with Gasteiger partial charge in [-0.3, -0.25) is 0 Å². The Morgan fingerprint density at radius 2 is 1.95 bits per heavy atom. The van der Waals surface area contributed by atoms with Crippen molar-refractivity contribution in [1.29, 1.82) is 0 Å². The summed E-state index contributed by atoms with van der Waals surface area (Å²) in [5, 5.41) is 0. The molecule has 0 N–H and O–H groups in total. The molecular formula is C17H21ClN2. The molecule has 0 atom stereocenters. The second kappa shape index (κ2) is 6.27. The van der Waals surface area contributed by atoms with E-state index in [9.17, 15) is 0 Å². The Bertz CT molecular complexity index is 593. The summed E-state index contributed by atoms with van der Waals surface area (Å²) in [5.41, 5.74) is 4.57. The van der Waals surface area contributed by atoms with Crippen LogP contribution in [-0.2, 0) is 5.88 Å². The van der Waals surface area contributed by atoms with E-state index in [4.69, 9.17) is 16.6 Å². The van der Waals surface area contributed by atoms with Crippen molar-refractivity contribution in [2.45, 2.75) is 32.6 Å². The highest BCUT2D eigenvalue weighted by Gasteiger charge is 2.10. The smallest absolute Gasteiger partial charge is 0.133 e. The molecule has 2 nitrogen and oxygen atoms in total. The second-order valence-corrected chi connectivity index (χ2v) is 5.71. The van der Waals surface area contributed by atoms with Crippen molar-refractivity contribution >= 4 is 23.1 Å². The molecule has 1 heterocycles. The van der Waals surface area contributed by atoms with Gasteiger partial charge < -0.3 is 4.90 Å². The number of hydrogen-bond acceptors (Lipinski definition) is 2. The predicted molar refractivity (Wildman–Crippen MR) is 87.1 cm³/mol. The fourth-order valence-electron chi connectivity index (χ4n) is 2.11. The van der Waals surface area contributed by atoms with Crippen LogP contribution >= 0.6 is 11.6 Å². The fourth-order valence-corrected chi connectivity index (χ4v) is 2.26. The van der Waals surface area contributed by atoms with Crippen molar-refractivity contribution in [3.8, 4) is 0 Å². The maximum atomic E-state index is 6.01. The van der Waals surface area contributed by atoms with Crippen LogP contribution in [0.15, 0.2) is 36.4 Å². The van der Waals surface area contributed by atoms with Gasteiger partial charge in [0.2, 0.25) is 0 Å². The van der Waals surface area contributed by atoms with Crippen LogP contribution in [0.2, 0.25) is 0 Å². The van der Waals surface area contributed by atoms with E-state index in [-0.39, 0.29) is 0 Å². The Labute approximate surface area is 126 Å². The minimum Gasteiger partial charge on any atom is -0.329 e. The third-order valence-corrected chi connectivity index (χ3v) is 3.68. The molecular weight excluding hydrogens is 268 g/mol. The van der Waals surface area contributed by atoms with Gasteiger partial charge in [0.1, 0.15) is 5.82 Å². The van der Waals surface area contributed by atoms with Crippen LogP contribution in [0.25, 0.3) is 0 Å². The number of nitrogens with zero attached hydrogens (tertiary/aromatic N) is 2. The van der Waals surface area contributed by atoms with E-state index in [2.05, 4.69) is 62.1 Å². The number of halogens is 1. The zero-order valence-electron chi connectivity index (χ0n) is 12.5. The number of alkyl halides is 1. The lowest BCUT2D eigenvalue weighted by Crippen LogP contribution is -2.13. The van der Waals surface area contributed by atoms with Gasteiger partial charge in [0.05, 0.1) is 0 Å². The standard InChI is InChI=1S/C17H21ClN2/c1-12(2)16-9-14(11-18)10-17(19-16)20(4)15-7-5-6-13(3)8-15/h5-10,12H,11H2,1-4H3. The normalized spacial score (nSPS) is 10.9. The minimum absolute atomic E-state index is 0.392. The summed E-state index contributed by atoms with van der Waals surface area (Å²) in [6.45, 7) is 6.40. The molecule has 2 aromatic rings. The molecule has 0 saturated carbocycles. The van der Waals surface area contributed by atoms with Gasteiger partial charge in [0.25, 0.3) is 0 Å². The minimum atomic E-state index is 0.392. The molecule has 2 rings (SSSR count). The first-order valence-electron chi connectivity index (χ1n) is 6.88. The first kappa shape index (κ1) is 14.9. The molecule has 1 aromatic carbocycles. The van der Waals surface area contributed by atoms with Crippen LogP contribution in [0.5, 0.6) is 0 Å². The SMILES string of the molecule is Cc1cccc(N(C)c2cc(CCl)cc(C(C)C)n2)c1. The van der Waals surface area contributed by atoms with E-state index < -0.39 is 0 Å². The lowest BCUT2D eigenvalue weighted by molar-refractivity contribution is 0.817. The van der Waals surface area contributed by atoms with Crippen molar-refractivity contribution in [3.63, 3.8) is 0 Å². The Kier molecular flexibility index (Phi) is 4.66. The van der Waals surface area contributed by atoms with Gasteiger partial charge in [-0.05, 0) is 48.2 Å². The van der Waals surface area contributed by atoms with Crippen LogP contribution in [0, 0.1) is 6.92 Å². The molecule has 20 heavy (non-hydrogen) atoms. The highest BCUT2D eigenvalue weighted by atomic mass is 35.5. The maximum Gasteiger partial charge on any atom is 0.133 e. The van der Waals surface area contributed by atoms with Gasteiger partial charge in [-0.2, -0.15) is 0 Å². The quantitative estimate of drug-likeness (QED) is 0.734. The van der Waals surface area contributed by atoms with E-state index in [1.807, 2.05) is 7.05 Å². The topological polar surface area (TPSA) is 16.1 Å². The Hall–Kier alpha value is -1.54. The summed E-state index contributed by atoms with van der Waals surface area (Å²) in [7, 11) is 2.04. The zero-order chi connectivity index (χ0) is 14.7. The lowest BCUT2D eigenvalue weighted by atomic mass is 10.1.